The molecule has 0 saturated carbocycles. The third-order valence-corrected chi connectivity index (χ3v) is 3.11. The van der Waals surface area contributed by atoms with Crippen LogP contribution in [0.15, 0.2) is 0 Å². The van der Waals surface area contributed by atoms with Gasteiger partial charge >= 0.3 is 0 Å². The van der Waals surface area contributed by atoms with Gasteiger partial charge in [0, 0.05) is 0 Å². The van der Waals surface area contributed by atoms with Crippen LogP contribution >= 0.6 is 32.4 Å². The van der Waals surface area contributed by atoms with E-state index in [0.29, 0.717) is 32.6 Å². The maximum Gasteiger partial charge on any atom is 0.163 e. The molecule has 1 aromatic carbocycles. The molecule has 1 rings (SSSR count). The van der Waals surface area contributed by atoms with Gasteiger partial charge in [-0.05, 0) is 0 Å². The minimum absolute atomic E-state index is 0.329. The van der Waals surface area contributed by atoms with Crippen molar-refractivity contribution in [1.29, 1.82) is 0 Å². The van der Waals surface area contributed by atoms with E-state index in [-0.39, 0.29) is 0 Å². The molecule has 0 aromatic heterocycles. The smallest absolute Gasteiger partial charge is 0.163 e. The maximum absolute atomic E-state index is 6.05. The normalized spacial score (nSPS) is 10.0. The van der Waals surface area contributed by atoms with Gasteiger partial charge in [0.1, 0.15) is 10.0 Å². The van der Waals surface area contributed by atoms with E-state index in [0.717, 1.165) is 0 Å². The van der Waals surface area contributed by atoms with Crippen molar-refractivity contribution in [2.75, 3.05) is 21.3 Å². The maximum atomic E-state index is 6.05. The molecule has 15 heavy (non-hydrogen) atoms. The molecule has 6 heteroatoms. The van der Waals surface area contributed by atoms with E-state index in [9.17, 15) is 0 Å². The van der Waals surface area contributed by atoms with Crippen molar-refractivity contribution in [2.45, 2.75) is 0 Å². The molecule has 1 atom stereocenters. The number of benzene rings is 1. The number of methoxy groups -OCH3 is 3. The molecule has 0 saturated heterocycles. The van der Waals surface area contributed by atoms with Crippen LogP contribution in [0.5, 0.6) is 17.2 Å². The lowest BCUT2D eigenvalue weighted by Gasteiger charge is -2.16. The van der Waals surface area contributed by atoms with Gasteiger partial charge in [0.25, 0.3) is 0 Å². The molecule has 0 heterocycles. The molecule has 0 fully saturated rings. The van der Waals surface area contributed by atoms with Gasteiger partial charge in [0.2, 0.25) is 0 Å². The largest absolute Gasteiger partial charge is 0.494 e. The summed E-state index contributed by atoms with van der Waals surface area (Å²) in [4.78, 5) is 0. The monoisotopic (exact) mass is 268 g/mol. The zero-order valence-corrected chi connectivity index (χ0v) is 11.2. The Morgan fingerprint density at radius 2 is 1.13 bits per heavy atom. The Hall–Kier alpha value is -0.370. The molecule has 3 nitrogen and oxygen atoms in total. The minimum atomic E-state index is 0.329. The average Bonchev–Trinajstić information content (AvgIpc) is 2.19. The van der Waals surface area contributed by atoms with Gasteiger partial charge in [0.05, 0.1) is 26.6 Å². The zero-order valence-electron chi connectivity index (χ0n) is 8.56. The Morgan fingerprint density at radius 3 is 1.40 bits per heavy atom. The van der Waals surface area contributed by atoms with Crippen LogP contribution in [0.4, 0.5) is 0 Å². The Labute approximate surface area is 101 Å². The van der Waals surface area contributed by atoms with E-state index in [1.165, 1.54) is 21.3 Å². The highest BCUT2D eigenvalue weighted by molar-refractivity contribution is 7.28. The van der Waals surface area contributed by atoms with Crippen molar-refractivity contribution >= 4 is 37.7 Å². The van der Waals surface area contributed by atoms with Crippen molar-refractivity contribution in [3.05, 3.63) is 10.0 Å². The fourth-order valence-corrected chi connectivity index (χ4v) is 2.68. The summed E-state index contributed by atoms with van der Waals surface area (Å²) in [6, 6.07) is 0. The molecular formula is C9H11Cl2O3P. The third kappa shape index (κ3) is 2.10. The predicted octanol–water partition coefficient (Wildman–Crippen LogP) is 2.52. The summed E-state index contributed by atoms with van der Waals surface area (Å²) in [5.74, 6) is 1.29. The molecule has 0 aliphatic heterocycles. The Balaban J connectivity index is 3.57. The lowest BCUT2D eigenvalue weighted by molar-refractivity contribution is 0.381. The summed E-state index contributed by atoms with van der Waals surface area (Å²) in [7, 11) is 6.98. The van der Waals surface area contributed by atoms with Crippen LogP contribution in [0.2, 0.25) is 10.0 Å². The number of ether oxygens (including phenoxy) is 3. The quantitative estimate of drug-likeness (QED) is 0.789. The summed E-state index contributed by atoms with van der Waals surface area (Å²) in [5, 5.41) is 1.32. The Kier molecular flexibility index (Phi) is 4.32. The molecule has 0 bridgehead atoms. The first-order chi connectivity index (χ1) is 7.08. The molecule has 0 spiro atoms. The third-order valence-electron chi connectivity index (χ3n) is 1.90. The molecule has 0 radical (unpaired) electrons. The summed E-state index contributed by atoms with van der Waals surface area (Å²) in [6.07, 6.45) is 0. The number of rotatable bonds is 3. The summed E-state index contributed by atoms with van der Waals surface area (Å²) >= 11 is 12.1. The molecule has 0 amide bonds. The summed E-state index contributed by atoms with van der Waals surface area (Å²) < 4.78 is 15.4. The number of hydrogen-bond donors (Lipinski definition) is 0. The SMILES string of the molecule is COc1c(P)c(OC)c(Cl)c(OC)c1Cl. The highest BCUT2D eigenvalue weighted by Gasteiger charge is 2.21. The van der Waals surface area contributed by atoms with Crippen LogP contribution < -0.4 is 19.5 Å². The standard InChI is InChI=1S/C9H11Cl2O3P/c1-12-6-4(10)7(13-2)9(15)8(14-3)5(6)11/h15H2,1-3H3. The van der Waals surface area contributed by atoms with Crippen LogP contribution in [0, 0.1) is 0 Å². The fraction of sp³-hybridized carbons (Fsp3) is 0.333. The lowest BCUT2D eigenvalue weighted by atomic mass is 10.3. The topological polar surface area (TPSA) is 27.7 Å². The highest BCUT2D eigenvalue weighted by Crippen LogP contribution is 2.44. The van der Waals surface area contributed by atoms with E-state index >= 15 is 0 Å². The van der Waals surface area contributed by atoms with Crippen LogP contribution in [0.25, 0.3) is 0 Å². The van der Waals surface area contributed by atoms with E-state index in [1.807, 2.05) is 0 Å². The van der Waals surface area contributed by atoms with Crippen molar-refractivity contribution in [3.8, 4) is 17.2 Å². The highest BCUT2D eigenvalue weighted by atomic mass is 35.5. The van der Waals surface area contributed by atoms with Gasteiger partial charge < -0.3 is 14.2 Å². The molecule has 1 aromatic rings. The predicted molar refractivity (Wildman–Crippen MR) is 65.5 cm³/mol. The van der Waals surface area contributed by atoms with E-state index in [4.69, 9.17) is 37.4 Å². The van der Waals surface area contributed by atoms with Gasteiger partial charge in [-0.25, -0.2) is 0 Å². The van der Waals surface area contributed by atoms with E-state index in [1.54, 1.807) is 0 Å². The van der Waals surface area contributed by atoms with Crippen LogP contribution in [-0.2, 0) is 0 Å². The van der Waals surface area contributed by atoms with Crippen molar-refractivity contribution < 1.29 is 14.2 Å². The number of hydrogen-bond acceptors (Lipinski definition) is 3. The van der Waals surface area contributed by atoms with Gasteiger partial charge in [-0.1, -0.05) is 32.4 Å². The first-order valence-corrected chi connectivity index (χ1v) is 5.34. The van der Waals surface area contributed by atoms with Crippen molar-refractivity contribution in [1.82, 2.24) is 0 Å². The average molecular weight is 269 g/mol. The molecular weight excluding hydrogens is 258 g/mol. The summed E-state index contributed by atoms with van der Waals surface area (Å²) in [6.45, 7) is 0. The van der Waals surface area contributed by atoms with Gasteiger partial charge in [-0.3, -0.25) is 0 Å². The molecule has 84 valence electrons. The van der Waals surface area contributed by atoms with Gasteiger partial charge in [0.15, 0.2) is 17.2 Å². The van der Waals surface area contributed by atoms with Crippen molar-refractivity contribution in [2.24, 2.45) is 0 Å². The van der Waals surface area contributed by atoms with Crippen molar-refractivity contribution in [3.63, 3.8) is 0 Å². The minimum Gasteiger partial charge on any atom is -0.494 e. The van der Waals surface area contributed by atoms with Crippen LogP contribution in [-0.4, -0.2) is 21.3 Å². The lowest BCUT2D eigenvalue weighted by Crippen LogP contribution is -2.06. The second-order valence-corrected chi connectivity index (χ2v) is 3.97. The molecule has 0 aliphatic carbocycles. The first-order valence-electron chi connectivity index (χ1n) is 4.00. The van der Waals surface area contributed by atoms with Crippen LogP contribution in [0.3, 0.4) is 0 Å². The molecule has 0 aliphatic rings. The van der Waals surface area contributed by atoms with Gasteiger partial charge in [-0.2, -0.15) is 0 Å². The van der Waals surface area contributed by atoms with Crippen LogP contribution in [0.1, 0.15) is 0 Å². The number of halogens is 2. The summed E-state index contributed by atoms with van der Waals surface area (Å²) in [5.41, 5.74) is 0. The first kappa shape index (κ1) is 12.7. The second-order valence-electron chi connectivity index (χ2n) is 2.64. The fourth-order valence-electron chi connectivity index (χ4n) is 1.22. The second kappa shape index (κ2) is 5.11. The zero-order chi connectivity index (χ0) is 11.6. The van der Waals surface area contributed by atoms with E-state index < -0.39 is 0 Å². The molecule has 1 unspecified atom stereocenters. The Bertz CT molecular complexity index is 304. The Morgan fingerprint density at radius 1 is 0.800 bits per heavy atom. The van der Waals surface area contributed by atoms with Gasteiger partial charge in [-0.15, -0.1) is 0 Å². The van der Waals surface area contributed by atoms with E-state index in [2.05, 4.69) is 9.24 Å². The molecule has 0 N–H and O–H groups in total.